The lowest BCUT2D eigenvalue weighted by atomic mass is 9.52. The van der Waals surface area contributed by atoms with Gasteiger partial charge >= 0.3 is 42.1 Å². The fourth-order valence-corrected chi connectivity index (χ4v) is 18.2. The highest BCUT2D eigenvalue weighted by atomic mass is 35.5. The molecule has 90 heavy (non-hydrogen) atoms. The molecular weight excluding hydrogens is 1260 g/mol. The lowest BCUT2D eigenvalue weighted by molar-refractivity contribution is -0.284. The quantitative estimate of drug-likeness (QED) is 0.0580. The second kappa shape index (κ2) is 28.9. The molecule has 8 rings (SSSR count). The summed E-state index contributed by atoms with van der Waals surface area (Å²) in [6.45, 7) is 16.1. The third kappa shape index (κ3) is 17.7. The van der Waals surface area contributed by atoms with Crippen LogP contribution in [0.15, 0.2) is 36.4 Å². The van der Waals surface area contributed by atoms with Crippen molar-refractivity contribution in [2.45, 2.75) is 244 Å². The summed E-state index contributed by atoms with van der Waals surface area (Å²) in [4.78, 5) is 38.0. The van der Waals surface area contributed by atoms with Crippen molar-refractivity contribution in [2.24, 2.45) is 57.5 Å². The van der Waals surface area contributed by atoms with Crippen LogP contribution in [0.1, 0.15) is 206 Å². The number of alkyl halides is 10. The van der Waals surface area contributed by atoms with Crippen LogP contribution < -0.4 is 15.2 Å². The van der Waals surface area contributed by atoms with Gasteiger partial charge in [-0.3, -0.25) is 18.0 Å². The molecule has 11 nitrogen and oxygen atoms in total. The third-order valence-electron chi connectivity index (χ3n) is 20.6. The number of esters is 3. The molecule has 0 aliphatic heterocycles. The first-order valence-corrected chi connectivity index (χ1v) is 34.6. The van der Waals surface area contributed by atoms with Crippen LogP contribution in [0, 0.1) is 51.8 Å². The number of hydrogen-bond acceptors (Lipinski definition) is 11. The topological polar surface area (TPSA) is 180 Å². The molecule has 2 aromatic carbocycles. The fraction of sp³-hybridized carbons (Fsp3) is 0.773. The molecule has 0 amide bonds. The zero-order valence-corrected chi connectivity index (χ0v) is 55.7. The zero-order valence-electron chi connectivity index (χ0n) is 53.2. The molecule has 2 unspecified atom stereocenters. The fourth-order valence-electron chi connectivity index (χ4n) is 15.9. The highest BCUT2D eigenvalue weighted by molar-refractivity contribution is 7.85. The molecule has 4 fully saturated rings. The van der Waals surface area contributed by atoms with Crippen LogP contribution in [0.2, 0.25) is 0 Å². The number of ether oxygens (including phenoxy) is 3. The van der Waals surface area contributed by atoms with E-state index in [1.165, 1.54) is 11.1 Å². The minimum Gasteiger partial charge on any atom is -0.460 e. The Bertz CT molecular complexity index is 2880. The Morgan fingerprint density at radius 1 is 0.578 bits per heavy atom. The Hall–Kier alpha value is -3.38. The molecule has 24 heteroatoms. The lowest BCUT2D eigenvalue weighted by Crippen LogP contribution is -2.47. The Morgan fingerprint density at radius 2 is 0.956 bits per heavy atom. The van der Waals surface area contributed by atoms with E-state index in [1.54, 1.807) is 54.5 Å². The van der Waals surface area contributed by atoms with E-state index >= 15 is 0 Å². The zero-order chi connectivity index (χ0) is 66.3. The normalized spacial score (nSPS) is 29.0. The molecule has 6 aliphatic carbocycles. The van der Waals surface area contributed by atoms with E-state index in [9.17, 15) is 76.9 Å². The van der Waals surface area contributed by atoms with Gasteiger partial charge in [-0.2, -0.15) is 43.9 Å². The van der Waals surface area contributed by atoms with Gasteiger partial charge in [0.25, 0.3) is 0 Å². The van der Waals surface area contributed by atoms with Crippen LogP contribution in [-0.2, 0) is 53.6 Å². The van der Waals surface area contributed by atoms with Crippen LogP contribution in [0.3, 0.4) is 0 Å². The minimum absolute atomic E-state index is 0. The standard InChI is InChI=1S/C36H51F5O6S.C30H42F5NO4S.ClH/c1-32(2,3)47-29(43)21-33(4,5)31(44)46-24-10-11-25-23(20-24)19-22(30-26(25)14-16-34(6)27(30)12-13-28(34)42)9-7-17-48(45)18-8-15-35(37,38)36(39,40)41;1-27(2,36)26(38)40-20-7-8-21-19(17-20)16-18(25-22(21)11-13-28(3)23(25)9-10-24(28)37)6-4-14-41(39)15-5-12-29(31,32)30(33,34)35;/h10-11,20,22,26-28,30,42H,7-9,12-19,21H2,1-6H3;7-8,17-18,22-25,37H,4-6,9-16,36H2,1-3H3;1H/t22-,26-,27+,28+,30-,34+,48?;18-,22-,23+,24+,25-,28+,41?;/m11./s1. The number of carbonyl (C=O) groups excluding carboxylic acids is 3. The van der Waals surface area contributed by atoms with Crippen molar-refractivity contribution in [1.82, 2.24) is 0 Å². The predicted octanol–water partition coefficient (Wildman–Crippen LogP) is 15.0. The number of aliphatic hydroxyl groups is 2. The first-order chi connectivity index (χ1) is 41.0. The van der Waals surface area contributed by atoms with Gasteiger partial charge in [0.2, 0.25) is 0 Å². The van der Waals surface area contributed by atoms with Crippen LogP contribution in [-0.4, -0.2) is 107 Å². The second-order valence-electron chi connectivity index (χ2n) is 29.2. The van der Waals surface area contributed by atoms with Crippen LogP contribution in [0.4, 0.5) is 43.9 Å². The average molecular weight is 1350 g/mol. The molecule has 4 saturated carbocycles. The summed E-state index contributed by atoms with van der Waals surface area (Å²) in [6, 6.07) is 11.4. The summed E-state index contributed by atoms with van der Waals surface area (Å²) in [5.74, 6) is -8.18. The number of halogens is 11. The van der Waals surface area contributed by atoms with Gasteiger partial charge in [-0.15, -0.1) is 12.4 Å². The molecule has 0 heterocycles. The van der Waals surface area contributed by atoms with E-state index in [0.29, 0.717) is 54.9 Å². The van der Waals surface area contributed by atoms with E-state index < -0.39 is 106 Å². The second-order valence-corrected chi connectivity index (χ2v) is 32.6. The van der Waals surface area contributed by atoms with Gasteiger partial charge in [0, 0.05) is 57.5 Å². The van der Waals surface area contributed by atoms with Gasteiger partial charge in [-0.1, -0.05) is 26.0 Å². The molecule has 0 radical (unpaired) electrons. The summed E-state index contributed by atoms with van der Waals surface area (Å²) < 4.78 is 170. The minimum atomic E-state index is -5.61. The van der Waals surface area contributed by atoms with Crippen molar-refractivity contribution in [3.63, 3.8) is 0 Å². The smallest absolute Gasteiger partial charge is 0.453 e. The first kappa shape index (κ1) is 75.6. The van der Waals surface area contributed by atoms with Crippen molar-refractivity contribution in [3.05, 3.63) is 58.7 Å². The Kier molecular flexibility index (Phi) is 24.3. The Balaban J connectivity index is 0.000000287. The first-order valence-electron chi connectivity index (χ1n) is 31.6. The van der Waals surface area contributed by atoms with Gasteiger partial charge in [-0.05, 0) is 256 Å². The Morgan fingerprint density at radius 3 is 1.32 bits per heavy atom. The van der Waals surface area contributed by atoms with Crippen molar-refractivity contribution in [1.29, 1.82) is 0 Å². The molecule has 6 aliphatic rings. The maximum absolute atomic E-state index is 13.3. The molecule has 0 saturated heterocycles. The number of nitrogens with two attached hydrogens (primary N) is 1. The molecule has 0 aromatic heterocycles. The summed E-state index contributed by atoms with van der Waals surface area (Å²) in [7, 11) is -3.01. The van der Waals surface area contributed by atoms with Gasteiger partial charge in [-0.25, -0.2) is 4.79 Å². The number of fused-ring (bicyclic) bond motifs is 10. The molecule has 512 valence electrons. The number of benzene rings is 2. The largest absolute Gasteiger partial charge is 0.460 e. The summed E-state index contributed by atoms with van der Waals surface area (Å²) >= 11 is 0. The number of aliphatic hydroxyl groups excluding tert-OH is 2. The summed E-state index contributed by atoms with van der Waals surface area (Å²) in [5, 5.41) is 21.8. The van der Waals surface area contributed by atoms with Crippen molar-refractivity contribution in [3.8, 4) is 11.5 Å². The van der Waals surface area contributed by atoms with E-state index in [-0.39, 0.29) is 94.5 Å². The number of rotatable bonds is 22. The lowest BCUT2D eigenvalue weighted by Gasteiger charge is -2.53. The van der Waals surface area contributed by atoms with Crippen molar-refractivity contribution >= 4 is 51.9 Å². The SMILES string of the molecule is CC(C)(C)OC(=O)CC(C)(C)C(=O)Oc1ccc2c(c1)C[C@@H](CCCS(=O)CCCC(F)(F)C(F)(F)F)[C@@H]1[C@@H]2CC[C@]2(C)[C@@H](O)CC[C@@H]12.CC(C)(N)C(=O)Oc1ccc2c(c1)C[C@@H](CCCS(=O)CCCC(F)(F)C(F)(F)F)[C@@H]1[C@@H]2CC[C@]2(C)[C@@H](O)CC[C@@H]12.Cl. The number of carbonyl (C=O) groups is 3. The summed E-state index contributed by atoms with van der Waals surface area (Å²) in [6.07, 6.45) is -4.86. The predicted molar refractivity (Wildman–Crippen MR) is 328 cm³/mol. The summed E-state index contributed by atoms with van der Waals surface area (Å²) in [5.41, 5.74) is 7.16. The molecule has 4 N–H and O–H groups in total. The van der Waals surface area contributed by atoms with Gasteiger partial charge in [0.15, 0.2) is 0 Å². The molecular formula is C66H94ClF10NO10S2. The Labute approximate surface area is 534 Å². The van der Waals surface area contributed by atoms with E-state index in [4.69, 9.17) is 19.9 Å². The highest BCUT2D eigenvalue weighted by Gasteiger charge is 2.60. The molecule has 2 aromatic rings. The monoisotopic (exact) mass is 1350 g/mol. The van der Waals surface area contributed by atoms with Gasteiger partial charge in [0.05, 0.1) is 24.0 Å². The van der Waals surface area contributed by atoms with Gasteiger partial charge in [0.1, 0.15) is 22.6 Å². The van der Waals surface area contributed by atoms with E-state index in [0.717, 1.165) is 75.3 Å². The molecule has 14 atom stereocenters. The third-order valence-corrected chi connectivity index (χ3v) is 23.6. The molecule has 0 spiro atoms. The average Bonchev–Trinajstić information content (AvgIpc) is 1.57. The number of hydrogen-bond donors (Lipinski definition) is 3. The van der Waals surface area contributed by atoms with Crippen molar-refractivity contribution < 1.29 is 91.1 Å². The van der Waals surface area contributed by atoms with Crippen molar-refractivity contribution in [2.75, 3.05) is 23.0 Å². The maximum atomic E-state index is 13.3. The highest BCUT2D eigenvalue weighted by Crippen LogP contribution is 2.64. The van der Waals surface area contributed by atoms with E-state index in [2.05, 4.69) is 13.8 Å². The molecule has 0 bridgehead atoms. The van der Waals surface area contributed by atoms with Gasteiger partial charge < -0.3 is 30.2 Å². The maximum Gasteiger partial charge on any atom is 0.453 e. The van der Waals surface area contributed by atoms with Crippen LogP contribution in [0.5, 0.6) is 11.5 Å². The van der Waals surface area contributed by atoms with E-state index in [1.807, 2.05) is 30.3 Å². The van der Waals surface area contributed by atoms with Crippen LogP contribution in [0.25, 0.3) is 0 Å². The van der Waals surface area contributed by atoms with Crippen LogP contribution >= 0.6 is 12.4 Å².